The average Bonchev–Trinajstić information content (AvgIpc) is 3.42. The van der Waals surface area contributed by atoms with Gasteiger partial charge in [-0.25, -0.2) is 10.2 Å². The SMILES string of the molecule is CCOc1ccc2[nH]c(C(=O)NN=Cc3ccc(OC(=O)c4ccc([N+](=O)[O-])cc4)c(OCC)c3)c(-c3ccccc3)c2c1. The van der Waals surface area contributed by atoms with E-state index in [1.54, 1.807) is 25.1 Å². The highest BCUT2D eigenvalue weighted by molar-refractivity contribution is 6.10. The maximum Gasteiger partial charge on any atom is 0.343 e. The van der Waals surface area contributed by atoms with Gasteiger partial charge in [-0.3, -0.25) is 14.9 Å². The van der Waals surface area contributed by atoms with Crippen molar-refractivity contribution in [2.24, 2.45) is 5.10 Å². The van der Waals surface area contributed by atoms with E-state index in [1.807, 2.05) is 55.5 Å². The molecule has 0 atom stereocenters. The fourth-order valence-corrected chi connectivity index (χ4v) is 4.56. The largest absolute Gasteiger partial charge is 0.494 e. The first-order valence-corrected chi connectivity index (χ1v) is 13.8. The van der Waals surface area contributed by atoms with E-state index < -0.39 is 16.8 Å². The summed E-state index contributed by atoms with van der Waals surface area (Å²) < 4.78 is 16.8. The lowest BCUT2D eigenvalue weighted by molar-refractivity contribution is -0.384. The number of hydrazone groups is 1. The van der Waals surface area contributed by atoms with E-state index in [4.69, 9.17) is 14.2 Å². The molecular weight excluding hydrogens is 564 g/mol. The second-order valence-electron chi connectivity index (χ2n) is 9.41. The lowest BCUT2D eigenvalue weighted by Crippen LogP contribution is -2.18. The Balaban J connectivity index is 1.35. The molecule has 0 saturated heterocycles. The molecule has 222 valence electrons. The number of nitro groups is 1. The minimum absolute atomic E-state index is 0.135. The number of esters is 1. The van der Waals surface area contributed by atoms with Crippen LogP contribution in [-0.2, 0) is 0 Å². The highest BCUT2D eigenvalue weighted by Crippen LogP contribution is 2.35. The molecule has 5 aromatic rings. The van der Waals surface area contributed by atoms with Gasteiger partial charge >= 0.3 is 5.97 Å². The normalized spacial score (nSPS) is 11.0. The monoisotopic (exact) mass is 592 g/mol. The number of carbonyl (C=O) groups excluding carboxylic acids is 2. The fraction of sp³-hybridized carbons (Fsp3) is 0.121. The molecule has 0 fully saturated rings. The number of nitro benzene ring substituents is 1. The maximum absolute atomic E-state index is 13.3. The van der Waals surface area contributed by atoms with Gasteiger partial charge in [0.15, 0.2) is 11.5 Å². The van der Waals surface area contributed by atoms with Gasteiger partial charge in [-0.15, -0.1) is 0 Å². The number of hydrogen-bond acceptors (Lipinski definition) is 8. The molecule has 1 aromatic heterocycles. The van der Waals surface area contributed by atoms with Crippen molar-refractivity contribution in [2.45, 2.75) is 13.8 Å². The standard InChI is InChI=1S/C33H28N4O7/c1-3-42-25-15-16-27-26(19-25)30(22-8-6-5-7-9-22)31(35-27)32(38)36-34-20-21-10-17-28(29(18-21)43-4-2)44-33(39)23-11-13-24(14-12-23)37(40)41/h5-20,35H,3-4H2,1-2H3,(H,36,38). The van der Waals surface area contributed by atoms with Crippen molar-refractivity contribution in [3.8, 4) is 28.4 Å². The average molecular weight is 593 g/mol. The van der Waals surface area contributed by atoms with Crippen molar-refractivity contribution in [2.75, 3.05) is 13.2 Å². The highest BCUT2D eigenvalue weighted by Gasteiger charge is 2.20. The number of amides is 1. The lowest BCUT2D eigenvalue weighted by atomic mass is 10.0. The van der Waals surface area contributed by atoms with Crippen LogP contribution in [0, 0.1) is 10.1 Å². The van der Waals surface area contributed by atoms with E-state index in [0.29, 0.717) is 30.2 Å². The quantitative estimate of drug-likeness (QED) is 0.0584. The number of nitrogens with one attached hydrogen (secondary N) is 2. The Bertz CT molecular complexity index is 1850. The summed E-state index contributed by atoms with van der Waals surface area (Å²) in [5.74, 6) is 0.00931. The van der Waals surface area contributed by atoms with Gasteiger partial charge in [-0.05, 0) is 73.5 Å². The molecule has 0 spiro atoms. The Hall–Kier alpha value is -5.97. The van der Waals surface area contributed by atoms with Crippen molar-refractivity contribution >= 4 is 34.7 Å². The number of rotatable bonds is 11. The van der Waals surface area contributed by atoms with Crippen LogP contribution in [-0.4, -0.2) is 41.2 Å². The molecular formula is C33H28N4O7. The zero-order chi connectivity index (χ0) is 31.1. The second kappa shape index (κ2) is 13.3. The van der Waals surface area contributed by atoms with E-state index in [0.717, 1.165) is 22.0 Å². The van der Waals surface area contributed by atoms with E-state index in [-0.39, 0.29) is 22.7 Å². The Morgan fingerprint density at radius 2 is 1.66 bits per heavy atom. The summed E-state index contributed by atoms with van der Waals surface area (Å²) in [5, 5.41) is 15.9. The van der Waals surface area contributed by atoms with Crippen LogP contribution in [0.4, 0.5) is 5.69 Å². The first-order chi connectivity index (χ1) is 21.4. The zero-order valence-electron chi connectivity index (χ0n) is 23.9. The number of fused-ring (bicyclic) bond motifs is 1. The van der Waals surface area contributed by atoms with Crippen LogP contribution >= 0.6 is 0 Å². The third-order valence-corrected chi connectivity index (χ3v) is 6.53. The summed E-state index contributed by atoms with van der Waals surface area (Å²) >= 11 is 0. The topological polar surface area (TPSA) is 145 Å². The summed E-state index contributed by atoms with van der Waals surface area (Å²) in [6.07, 6.45) is 1.44. The van der Waals surface area contributed by atoms with Gasteiger partial charge in [-0.2, -0.15) is 5.10 Å². The molecule has 11 nitrogen and oxygen atoms in total. The Kier molecular flexibility index (Phi) is 8.95. The van der Waals surface area contributed by atoms with Gasteiger partial charge in [-0.1, -0.05) is 30.3 Å². The molecule has 0 unspecified atom stereocenters. The number of aromatic nitrogens is 1. The van der Waals surface area contributed by atoms with Crippen molar-refractivity contribution in [3.63, 3.8) is 0 Å². The van der Waals surface area contributed by atoms with Crippen LogP contribution in [0.5, 0.6) is 17.2 Å². The minimum Gasteiger partial charge on any atom is -0.494 e. The van der Waals surface area contributed by atoms with Crippen LogP contribution in [0.25, 0.3) is 22.0 Å². The van der Waals surface area contributed by atoms with Gasteiger partial charge in [0.2, 0.25) is 0 Å². The van der Waals surface area contributed by atoms with Crippen molar-refractivity contribution in [1.29, 1.82) is 0 Å². The molecule has 11 heteroatoms. The van der Waals surface area contributed by atoms with Crippen molar-refractivity contribution < 1.29 is 28.7 Å². The summed E-state index contributed by atoms with van der Waals surface area (Å²) in [4.78, 5) is 39.5. The number of H-pyrrole nitrogens is 1. The molecule has 0 aliphatic heterocycles. The van der Waals surface area contributed by atoms with E-state index >= 15 is 0 Å². The Labute approximate surface area is 252 Å². The van der Waals surface area contributed by atoms with Crippen molar-refractivity contribution in [3.05, 3.63) is 118 Å². The zero-order valence-corrected chi connectivity index (χ0v) is 23.9. The van der Waals surface area contributed by atoms with Gasteiger partial charge in [0, 0.05) is 28.6 Å². The molecule has 1 amide bonds. The predicted molar refractivity (Wildman–Crippen MR) is 166 cm³/mol. The van der Waals surface area contributed by atoms with Gasteiger partial charge in [0.1, 0.15) is 11.4 Å². The molecule has 0 aliphatic carbocycles. The van der Waals surface area contributed by atoms with E-state index in [1.165, 1.54) is 30.5 Å². The molecule has 0 radical (unpaired) electrons. The van der Waals surface area contributed by atoms with Crippen LogP contribution in [0.2, 0.25) is 0 Å². The summed E-state index contributed by atoms with van der Waals surface area (Å²) in [7, 11) is 0. The molecule has 2 N–H and O–H groups in total. The van der Waals surface area contributed by atoms with E-state index in [2.05, 4.69) is 15.5 Å². The van der Waals surface area contributed by atoms with E-state index in [9.17, 15) is 19.7 Å². The van der Waals surface area contributed by atoms with Crippen molar-refractivity contribution in [1.82, 2.24) is 10.4 Å². The molecule has 5 rings (SSSR count). The Morgan fingerprint density at radius 3 is 2.36 bits per heavy atom. The number of benzene rings is 4. The summed E-state index contributed by atoms with van der Waals surface area (Å²) in [6, 6.07) is 25.1. The molecule has 4 aromatic carbocycles. The summed E-state index contributed by atoms with van der Waals surface area (Å²) in [6.45, 7) is 4.51. The number of ether oxygens (including phenoxy) is 3. The highest BCUT2D eigenvalue weighted by atomic mass is 16.6. The predicted octanol–water partition coefficient (Wildman–Crippen LogP) is 6.52. The number of carbonyl (C=O) groups is 2. The molecule has 44 heavy (non-hydrogen) atoms. The third-order valence-electron chi connectivity index (χ3n) is 6.53. The minimum atomic E-state index is -0.699. The maximum atomic E-state index is 13.3. The van der Waals surface area contributed by atoms with Crippen LogP contribution in [0.15, 0.2) is 96.1 Å². The summed E-state index contributed by atoms with van der Waals surface area (Å²) in [5.41, 5.74) is 5.89. The van der Waals surface area contributed by atoms with Crippen LogP contribution in [0.1, 0.15) is 40.3 Å². The first-order valence-electron chi connectivity index (χ1n) is 13.8. The first kappa shape index (κ1) is 29.5. The second-order valence-corrected chi connectivity index (χ2v) is 9.41. The lowest BCUT2D eigenvalue weighted by Gasteiger charge is -2.11. The number of non-ortho nitro benzene ring substituents is 1. The molecule has 0 bridgehead atoms. The number of aromatic amines is 1. The Morgan fingerprint density at radius 1 is 0.909 bits per heavy atom. The third kappa shape index (κ3) is 6.57. The number of nitrogens with zero attached hydrogens (tertiary/aromatic N) is 2. The van der Waals surface area contributed by atoms with Gasteiger partial charge < -0.3 is 19.2 Å². The molecule has 1 heterocycles. The molecule has 0 aliphatic rings. The number of hydrogen-bond donors (Lipinski definition) is 2. The smallest absolute Gasteiger partial charge is 0.343 e. The van der Waals surface area contributed by atoms with Crippen LogP contribution < -0.4 is 19.6 Å². The fourth-order valence-electron chi connectivity index (χ4n) is 4.56. The van der Waals surface area contributed by atoms with Gasteiger partial charge in [0.05, 0.1) is 29.9 Å². The van der Waals surface area contributed by atoms with Gasteiger partial charge in [0.25, 0.3) is 11.6 Å². The van der Waals surface area contributed by atoms with Crippen LogP contribution in [0.3, 0.4) is 0 Å². The molecule has 0 saturated carbocycles.